The summed E-state index contributed by atoms with van der Waals surface area (Å²) in [5, 5.41) is 5.76. The van der Waals surface area contributed by atoms with E-state index >= 15 is 0 Å². The molecule has 0 saturated carbocycles. The van der Waals surface area contributed by atoms with Crippen LogP contribution in [-0.2, 0) is 14.6 Å². The van der Waals surface area contributed by atoms with Gasteiger partial charge in [0.05, 0.1) is 43.1 Å². The van der Waals surface area contributed by atoms with E-state index in [9.17, 15) is 8.42 Å². The third-order valence-electron chi connectivity index (χ3n) is 7.48. The zero-order chi connectivity index (χ0) is 29.0. The predicted octanol–water partition coefficient (Wildman–Crippen LogP) is 4.50. The molecule has 2 saturated heterocycles. The first-order valence-corrected chi connectivity index (χ1v) is 15.7. The van der Waals surface area contributed by atoms with Gasteiger partial charge in [-0.2, -0.15) is 4.98 Å². The van der Waals surface area contributed by atoms with Crippen molar-refractivity contribution in [3.8, 4) is 5.75 Å². The molecule has 0 bridgehead atoms. The van der Waals surface area contributed by atoms with Crippen LogP contribution in [0.25, 0.3) is 0 Å². The Kier molecular flexibility index (Phi) is 9.12. The lowest BCUT2D eigenvalue weighted by molar-refractivity contribution is 0.0115. The first-order valence-electron chi connectivity index (χ1n) is 13.8. The summed E-state index contributed by atoms with van der Waals surface area (Å²) in [6.07, 6.45) is 5.13. The van der Waals surface area contributed by atoms with Gasteiger partial charge in [-0.15, -0.1) is 0 Å². The Hall–Kier alpha value is -3.19. The number of hydrogen-bond acceptors (Lipinski definition) is 11. The molecular weight excluding hydrogens is 566 g/mol. The van der Waals surface area contributed by atoms with Gasteiger partial charge < -0.3 is 25.0 Å². The molecular formula is C28H36ClN7O4S. The molecule has 2 aliphatic rings. The minimum absolute atomic E-state index is 0.0644. The van der Waals surface area contributed by atoms with Crippen molar-refractivity contribution in [2.75, 3.05) is 62.0 Å². The smallest absolute Gasteiger partial charge is 0.229 e. The molecule has 0 aliphatic carbocycles. The standard InChI is InChI=1S/C28H36ClN7O4S/c1-19(2)41(37,38)27-24(5-4-10-30-27)32-26-22(29)18-31-28(34-26)33-23-7-6-21(17-25(23)39-3)35-11-8-20(9-12-35)36-13-15-40-16-14-36/h4-7,10,17-20H,8-9,11-16H2,1-3H3,(H2,31,32,33,34). The number of ether oxygens (including phenoxy) is 2. The number of hydrogen-bond donors (Lipinski definition) is 2. The number of nitrogens with zero attached hydrogens (tertiary/aromatic N) is 5. The summed E-state index contributed by atoms with van der Waals surface area (Å²) in [6.45, 7) is 8.87. The fraction of sp³-hybridized carbons (Fsp3) is 0.464. The number of methoxy groups -OCH3 is 1. The summed E-state index contributed by atoms with van der Waals surface area (Å²) in [5.74, 6) is 1.17. The largest absolute Gasteiger partial charge is 0.494 e. The van der Waals surface area contributed by atoms with Gasteiger partial charge in [0.15, 0.2) is 20.7 Å². The van der Waals surface area contributed by atoms with Crippen LogP contribution in [-0.4, -0.2) is 86.1 Å². The van der Waals surface area contributed by atoms with Gasteiger partial charge in [0.1, 0.15) is 10.8 Å². The molecule has 0 atom stereocenters. The van der Waals surface area contributed by atoms with Crippen molar-refractivity contribution in [3.05, 3.63) is 47.7 Å². The van der Waals surface area contributed by atoms with Crippen LogP contribution in [0.1, 0.15) is 26.7 Å². The van der Waals surface area contributed by atoms with Crippen molar-refractivity contribution >= 4 is 50.3 Å². The minimum atomic E-state index is -3.63. The van der Waals surface area contributed by atoms with Gasteiger partial charge in [-0.25, -0.2) is 18.4 Å². The molecule has 0 unspecified atom stereocenters. The second-order valence-electron chi connectivity index (χ2n) is 10.3. The van der Waals surface area contributed by atoms with Crippen molar-refractivity contribution in [2.45, 2.75) is 43.0 Å². The Morgan fingerprint density at radius 1 is 1.05 bits per heavy atom. The maximum absolute atomic E-state index is 12.8. The Balaban J connectivity index is 1.30. The number of sulfone groups is 1. The summed E-state index contributed by atoms with van der Waals surface area (Å²) in [5.41, 5.74) is 2.08. The Morgan fingerprint density at radius 2 is 1.80 bits per heavy atom. The van der Waals surface area contributed by atoms with E-state index in [1.807, 2.05) is 12.1 Å². The van der Waals surface area contributed by atoms with E-state index in [1.54, 1.807) is 33.1 Å². The van der Waals surface area contributed by atoms with E-state index in [0.29, 0.717) is 17.5 Å². The van der Waals surface area contributed by atoms with Crippen LogP contribution in [0.15, 0.2) is 47.8 Å². The number of nitrogens with one attached hydrogen (secondary N) is 2. The number of anilines is 5. The molecule has 0 amide bonds. The summed E-state index contributed by atoms with van der Waals surface area (Å²) in [6, 6.07) is 9.91. The SMILES string of the molecule is COc1cc(N2CCC(N3CCOCC3)CC2)ccc1Nc1ncc(Cl)c(Nc2cccnc2S(=O)(=O)C(C)C)n1. The lowest BCUT2D eigenvalue weighted by Gasteiger charge is -2.40. The molecule has 2 aromatic heterocycles. The highest BCUT2D eigenvalue weighted by Gasteiger charge is 2.27. The van der Waals surface area contributed by atoms with Gasteiger partial charge >= 0.3 is 0 Å². The van der Waals surface area contributed by atoms with Crippen LogP contribution in [0.3, 0.4) is 0 Å². The van der Waals surface area contributed by atoms with Crippen molar-refractivity contribution < 1.29 is 17.9 Å². The predicted molar refractivity (Wildman–Crippen MR) is 161 cm³/mol. The van der Waals surface area contributed by atoms with Gasteiger partial charge in [0.2, 0.25) is 5.95 Å². The molecule has 2 aliphatic heterocycles. The van der Waals surface area contributed by atoms with Gasteiger partial charge in [0.25, 0.3) is 0 Å². The van der Waals surface area contributed by atoms with Crippen LogP contribution in [0.4, 0.5) is 28.8 Å². The molecule has 2 fully saturated rings. The van der Waals surface area contributed by atoms with Crippen molar-refractivity contribution in [1.29, 1.82) is 0 Å². The highest BCUT2D eigenvalue weighted by atomic mass is 35.5. The number of halogens is 1. The van der Waals surface area contributed by atoms with E-state index in [4.69, 9.17) is 21.1 Å². The van der Waals surface area contributed by atoms with Gasteiger partial charge in [-0.05, 0) is 51.0 Å². The first-order chi connectivity index (χ1) is 19.8. The highest BCUT2D eigenvalue weighted by Crippen LogP contribution is 2.34. The fourth-order valence-corrected chi connectivity index (χ4v) is 6.33. The van der Waals surface area contributed by atoms with Crippen LogP contribution in [0.2, 0.25) is 5.02 Å². The van der Waals surface area contributed by atoms with Gasteiger partial charge in [-0.3, -0.25) is 4.90 Å². The van der Waals surface area contributed by atoms with Crippen LogP contribution in [0.5, 0.6) is 5.75 Å². The Morgan fingerprint density at radius 3 is 2.51 bits per heavy atom. The summed E-state index contributed by atoms with van der Waals surface area (Å²) in [7, 11) is -2.01. The zero-order valence-electron chi connectivity index (χ0n) is 23.5. The molecule has 220 valence electrons. The fourth-order valence-electron chi connectivity index (χ4n) is 5.11. The van der Waals surface area contributed by atoms with E-state index in [-0.39, 0.29) is 27.5 Å². The molecule has 13 heteroatoms. The summed E-state index contributed by atoms with van der Waals surface area (Å²) in [4.78, 5) is 17.9. The topological polar surface area (TPSA) is 122 Å². The van der Waals surface area contributed by atoms with E-state index in [0.717, 1.165) is 57.9 Å². The molecule has 5 rings (SSSR count). The molecule has 1 aromatic carbocycles. The number of pyridine rings is 1. The average molecular weight is 602 g/mol. The molecule has 0 spiro atoms. The normalized spacial score (nSPS) is 17.0. The third-order valence-corrected chi connectivity index (χ3v) is 9.86. The quantitative estimate of drug-likeness (QED) is 0.360. The summed E-state index contributed by atoms with van der Waals surface area (Å²) < 4.78 is 36.9. The monoisotopic (exact) mass is 601 g/mol. The molecule has 2 N–H and O–H groups in total. The molecule has 41 heavy (non-hydrogen) atoms. The van der Waals surface area contributed by atoms with Crippen molar-refractivity contribution in [2.24, 2.45) is 0 Å². The number of benzene rings is 1. The van der Waals surface area contributed by atoms with Gasteiger partial charge in [-0.1, -0.05) is 11.6 Å². The minimum Gasteiger partial charge on any atom is -0.494 e. The van der Waals surface area contributed by atoms with Crippen LogP contribution in [0, 0.1) is 0 Å². The maximum Gasteiger partial charge on any atom is 0.229 e. The number of piperidine rings is 1. The van der Waals surface area contributed by atoms with E-state index in [2.05, 4.69) is 41.5 Å². The molecule has 0 radical (unpaired) electrons. The second kappa shape index (κ2) is 12.8. The molecule has 3 aromatic rings. The lowest BCUT2D eigenvalue weighted by atomic mass is 10.0. The molecule has 4 heterocycles. The zero-order valence-corrected chi connectivity index (χ0v) is 25.1. The van der Waals surface area contributed by atoms with Gasteiger partial charge in [0, 0.05) is 50.2 Å². The third kappa shape index (κ3) is 6.66. The van der Waals surface area contributed by atoms with Crippen molar-refractivity contribution in [3.63, 3.8) is 0 Å². The highest BCUT2D eigenvalue weighted by molar-refractivity contribution is 7.92. The van der Waals surface area contributed by atoms with Crippen LogP contribution >= 0.6 is 11.6 Å². The lowest BCUT2D eigenvalue weighted by Crippen LogP contribution is -2.49. The van der Waals surface area contributed by atoms with E-state index in [1.165, 1.54) is 12.4 Å². The maximum atomic E-state index is 12.8. The Labute approximate surface area is 246 Å². The van der Waals surface area contributed by atoms with E-state index < -0.39 is 15.1 Å². The summed E-state index contributed by atoms with van der Waals surface area (Å²) >= 11 is 6.38. The first kappa shape index (κ1) is 29.3. The number of aromatic nitrogens is 3. The second-order valence-corrected chi connectivity index (χ2v) is 13.2. The molecule has 11 nitrogen and oxygen atoms in total. The average Bonchev–Trinajstić information content (AvgIpc) is 2.99. The van der Waals surface area contributed by atoms with Crippen LogP contribution < -0.4 is 20.3 Å². The number of morpholine rings is 1. The Bertz CT molecular complexity index is 1460. The number of rotatable bonds is 9. The van der Waals surface area contributed by atoms with Crippen molar-refractivity contribution in [1.82, 2.24) is 19.9 Å².